The molecule has 0 saturated heterocycles. The Bertz CT molecular complexity index is 973. The number of amides is 1. The predicted molar refractivity (Wildman–Crippen MR) is 112 cm³/mol. The molecule has 0 radical (unpaired) electrons. The molecule has 0 aliphatic rings. The minimum Gasteiger partial charge on any atom is -0.455 e. The molecule has 4 nitrogen and oxygen atoms in total. The summed E-state index contributed by atoms with van der Waals surface area (Å²) in [6, 6.07) is 22.3. The normalized spacial score (nSPS) is 10.4. The van der Waals surface area contributed by atoms with Gasteiger partial charge in [0.05, 0.1) is 17.1 Å². The van der Waals surface area contributed by atoms with E-state index in [0.29, 0.717) is 15.7 Å². The molecule has 3 aromatic rings. The van der Waals surface area contributed by atoms with Gasteiger partial charge in [-0.2, -0.15) is 0 Å². The minimum absolute atomic E-state index is 0.0874. The molecule has 0 heterocycles. The summed E-state index contributed by atoms with van der Waals surface area (Å²) in [5, 5.41) is 3.35. The van der Waals surface area contributed by atoms with Crippen LogP contribution in [-0.2, 0) is 20.7 Å². The number of carbonyl (C=O) groups is 2. The lowest BCUT2D eigenvalue weighted by molar-refractivity contribution is -0.146. The summed E-state index contributed by atoms with van der Waals surface area (Å²) in [5.74, 6) is -0.957. The van der Waals surface area contributed by atoms with Gasteiger partial charge in [-0.1, -0.05) is 77.8 Å². The zero-order valence-electron chi connectivity index (χ0n) is 14.8. The van der Waals surface area contributed by atoms with Crippen molar-refractivity contribution in [2.45, 2.75) is 6.42 Å². The fourth-order valence-electron chi connectivity index (χ4n) is 2.59. The van der Waals surface area contributed by atoms with Crippen LogP contribution in [0.15, 0.2) is 72.8 Å². The predicted octanol–water partition coefficient (Wildman–Crippen LogP) is 5.38. The Labute approximate surface area is 173 Å². The number of ether oxygens (including phenoxy) is 1. The van der Waals surface area contributed by atoms with E-state index in [9.17, 15) is 9.59 Å². The molecule has 1 N–H and O–H groups in total. The van der Waals surface area contributed by atoms with Crippen molar-refractivity contribution in [3.63, 3.8) is 0 Å². The highest BCUT2D eigenvalue weighted by Crippen LogP contribution is 2.25. The molecule has 28 heavy (non-hydrogen) atoms. The Hall–Kier alpha value is -2.82. The van der Waals surface area contributed by atoms with Gasteiger partial charge in [0.1, 0.15) is 0 Å². The maximum Gasteiger partial charge on any atom is 0.310 e. The van der Waals surface area contributed by atoms with E-state index in [-0.39, 0.29) is 13.0 Å². The van der Waals surface area contributed by atoms with Crippen molar-refractivity contribution < 1.29 is 14.3 Å². The van der Waals surface area contributed by atoms with Crippen LogP contribution in [0.4, 0.5) is 5.69 Å². The van der Waals surface area contributed by atoms with Crippen LogP contribution >= 0.6 is 23.2 Å². The quantitative estimate of drug-likeness (QED) is 0.551. The van der Waals surface area contributed by atoms with Crippen molar-refractivity contribution in [1.82, 2.24) is 0 Å². The first-order valence-corrected chi connectivity index (χ1v) is 9.32. The topological polar surface area (TPSA) is 55.4 Å². The van der Waals surface area contributed by atoms with Gasteiger partial charge in [0.25, 0.3) is 5.91 Å². The maximum absolute atomic E-state index is 12.0. The summed E-state index contributed by atoms with van der Waals surface area (Å²) >= 11 is 11.8. The molecular weight excluding hydrogens is 397 g/mol. The third kappa shape index (κ3) is 5.59. The zero-order valence-corrected chi connectivity index (χ0v) is 16.3. The van der Waals surface area contributed by atoms with E-state index < -0.39 is 11.9 Å². The SMILES string of the molecule is O=C(COC(=O)Cc1ccc(-c2ccccc2)cc1)Nc1ccc(Cl)cc1Cl. The van der Waals surface area contributed by atoms with Crippen LogP contribution in [0.1, 0.15) is 5.56 Å². The molecule has 0 aliphatic carbocycles. The Balaban J connectivity index is 1.49. The minimum atomic E-state index is -0.482. The van der Waals surface area contributed by atoms with Crippen molar-refractivity contribution in [2.75, 3.05) is 11.9 Å². The van der Waals surface area contributed by atoms with E-state index in [1.54, 1.807) is 12.1 Å². The molecule has 0 aliphatic heterocycles. The molecule has 0 saturated carbocycles. The smallest absolute Gasteiger partial charge is 0.310 e. The van der Waals surface area contributed by atoms with E-state index in [1.807, 2.05) is 54.6 Å². The Morgan fingerprint density at radius 1 is 0.857 bits per heavy atom. The average molecular weight is 414 g/mol. The highest BCUT2D eigenvalue weighted by atomic mass is 35.5. The fourth-order valence-corrected chi connectivity index (χ4v) is 3.04. The molecular formula is C22H17Cl2NO3. The maximum atomic E-state index is 12.0. The second-order valence-corrected chi connectivity index (χ2v) is 6.92. The standard InChI is InChI=1S/C22H17Cl2NO3/c23-18-10-11-20(19(24)13-18)25-21(26)14-28-22(27)12-15-6-8-17(9-7-15)16-4-2-1-3-5-16/h1-11,13H,12,14H2,(H,25,26). The van der Waals surface area contributed by atoms with Crippen molar-refractivity contribution in [2.24, 2.45) is 0 Å². The van der Waals surface area contributed by atoms with Gasteiger partial charge in [0.2, 0.25) is 0 Å². The number of rotatable bonds is 6. The molecule has 0 bridgehead atoms. The monoisotopic (exact) mass is 413 g/mol. The largest absolute Gasteiger partial charge is 0.455 e. The number of hydrogen-bond donors (Lipinski definition) is 1. The molecule has 0 fully saturated rings. The Kier molecular flexibility index (Phi) is 6.69. The lowest BCUT2D eigenvalue weighted by Gasteiger charge is -2.09. The lowest BCUT2D eigenvalue weighted by atomic mass is 10.0. The van der Waals surface area contributed by atoms with Crippen molar-refractivity contribution in [3.8, 4) is 11.1 Å². The van der Waals surface area contributed by atoms with Crippen LogP contribution in [0.5, 0.6) is 0 Å². The Morgan fingerprint density at radius 3 is 2.21 bits per heavy atom. The number of benzene rings is 3. The van der Waals surface area contributed by atoms with Crippen molar-refractivity contribution in [1.29, 1.82) is 0 Å². The van der Waals surface area contributed by atoms with E-state index in [0.717, 1.165) is 16.7 Å². The number of anilines is 1. The molecule has 142 valence electrons. The second-order valence-electron chi connectivity index (χ2n) is 6.07. The fraction of sp³-hybridized carbons (Fsp3) is 0.0909. The number of carbonyl (C=O) groups excluding carboxylic acids is 2. The van der Waals surface area contributed by atoms with Crippen LogP contribution in [0.3, 0.4) is 0 Å². The lowest BCUT2D eigenvalue weighted by Crippen LogP contribution is -2.21. The first-order chi connectivity index (χ1) is 13.5. The number of halogens is 2. The van der Waals surface area contributed by atoms with Gasteiger partial charge >= 0.3 is 5.97 Å². The van der Waals surface area contributed by atoms with Crippen molar-refractivity contribution >= 4 is 40.8 Å². The van der Waals surface area contributed by atoms with E-state index in [4.69, 9.17) is 27.9 Å². The van der Waals surface area contributed by atoms with Gasteiger partial charge < -0.3 is 10.1 Å². The molecule has 3 aromatic carbocycles. The highest BCUT2D eigenvalue weighted by Gasteiger charge is 2.11. The molecule has 3 rings (SSSR count). The van der Waals surface area contributed by atoms with Gasteiger partial charge in [-0.05, 0) is 34.9 Å². The van der Waals surface area contributed by atoms with Crippen LogP contribution < -0.4 is 5.32 Å². The first-order valence-electron chi connectivity index (χ1n) is 8.56. The van der Waals surface area contributed by atoms with E-state index in [2.05, 4.69) is 5.32 Å². The van der Waals surface area contributed by atoms with Gasteiger partial charge in [-0.3, -0.25) is 9.59 Å². The van der Waals surface area contributed by atoms with Gasteiger partial charge in [0, 0.05) is 5.02 Å². The van der Waals surface area contributed by atoms with Gasteiger partial charge in [-0.15, -0.1) is 0 Å². The summed E-state index contributed by atoms with van der Waals surface area (Å²) in [5.41, 5.74) is 3.39. The van der Waals surface area contributed by atoms with Crippen LogP contribution in [-0.4, -0.2) is 18.5 Å². The third-order valence-corrected chi connectivity index (χ3v) is 4.53. The van der Waals surface area contributed by atoms with Crippen LogP contribution in [0.25, 0.3) is 11.1 Å². The van der Waals surface area contributed by atoms with Gasteiger partial charge in [0.15, 0.2) is 6.61 Å². The van der Waals surface area contributed by atoms with Gasteiger partial charge in [-0.25, -0.2) is 0 Å². The highest BCUT2D eigenvalue weighted by molar-refractivity contribution is 6.36. The van der Waals surface area contributed by atoms with Crippen LogP contribution in [0.2, 0.25) is 10.0 Å². The summed E-state index contributed by atoms with van der Waals surface area (Å²) in [6.45, 7) is -0.389. The molecule has 0 atom stereocenters. The Morgan fingerprint density at radius 2 is 1.54 bits per heavy atom. The molecule has 6 heteroatoms. The zero-order chi connectivity index (χ0) is 19.9. The second kappa shape index (κ2) is 9.40. The summed E-state index contributed by atoms with van der Waals surface area (Å²) < 4.78 is 5.04. The summed E-state index contributed by atoms with van der Waals surface area (Å²) in [7, 11) is 0. The third-order valence-electron chi connectivity index (χ3n) is 3.98. The summed E-state index contributed by atoms with van der Waals surface area (Å²) in [4.78, 5) is 23.9. The number of esters is 1. The number of nitrogens with one attached hydrogen (secondary N) is 1. The van der Waals surface area contributed by atoms with E-state index >= 15 is 0 Å². The van der Waals surface area contributed by atoms with Crippen molar-refractivity contribution in [3.05, 3.63) is 88.4 Å². The first kappa shape index (κ1) is 19.9. The van der Waals surface area contributed by atoms with Crippen LogP contribution in [0, 0.1) is 0 Å². The molecule has 0 unspecified atom stereocenters. The average Bonchev–Trinajstić information content (AvgIpc) is 2.70. The van der Waals surface area contributed by atoms with E-state index in [1.165, 1.54) is 6.07 Å². The summed E-state index contributed by atoms with van der Waals surface area (Å²) in [6.07, 6.45) is 0.0874. The molecule has 0 aromatic heterocycles. The molecule has 0 spiro atoms. The molecule has 1 amide bonds. The number of hydrogen-bond acceptors (Lipinski definition) is 3.